The second kappa shape index (κ2) is 9.46. The van der Waals surface area contributed by atoms with E-state index in [-0.39, 0.29) is 18.6 Å². The Morgan fingerprint density at radius 3 is 2.70 bits per heavy atom. The van der Waals surface area contributed by atoms with Crippen molar-refractivity contribution in [2.75, 3.05) is 18.6 Å². The summed E-state index contributed by atoms with van der Waals surface area (Å²) in [7, 11) is 0. The number of thioether (sulfide) groups is 1. The molecule has 1 atom stereocenters. The van der Waals surface area contributed by atoms with Crippen molar-refractivity contribution >= 4 is 28.7 Å². The van der Waals surface area contributed by atoms with Gasteiger partial charge in [-0.15, -0.1) is 0 Å². The number of ether oxygens (including phenoxy) is 1. The largest absolute Gasteiger partial charge is 0.484 e. The van der Waals surface area contributed by atoms with Crippen LogP contribution in [0, 0.1) is 0 Å². The minimum Gasteiger partial charge on any atom is -0.484 e. The van der Waals surface area contributed by atoms with E-state index in [0.29, 0.717) is 5.75 Å². The summed E-state index contributed by atoms with van der Waals surface area (Å²) in [5, 5.41) is 3.05. The molecule has 3 aromatic rings. The number of hydrogen-bond donors (Lipinski definition) is 2. The summed E-state index contributed by atoms with van der Waals surface area (Å²) >= 11 is 1.75. The number of amides is 1. The molecule has 0 saturated heterocycles. The first kappa shape index (κ1) is 19.3. The summed E-state index contributed by atoms with van der Waals surface area (Å²) < 4.78 is 5.62. The van der Waals surface area contributed by atoms with Crippen LogP contribution < -0.4 is 10.1 Å². The van der Waals surface area contributed by atoms with Crippen LogP contribution in [0.2, 0.25) is 0 Å². The van der Waals surface area contributed by atoms with E-state index in [2.05, 4.69) is 28.5 Å². The number of aromatic nitrogens is 2. The molecule has 2 N–H and O–H groups in total. The summed E-state index contributed by atoms with van der Waals surface area (Å²) in [4.78, 5) is 20.4. The fourth-order valence-electron chi connectivity index (χ4n) is 2.86. The molecule has 1 amide bonds. The lowest BCUT2D eigenvalue weighted by atomic mass is 10.2. The summed E-state index contributed by atoms with van der Waals surface area (Å²) in [6, 6.07) is 15.5. The van der Waals surface area contributed by atoms with Crippen LogP contribution >= 0.6 is 11.8 Å². The summed E-state index contributed by atoms with van der Waals surface area (Å²) in [6.45, 7) is 2.09. The van der Waals surface area contributed by atoms with Crippen molar-refractivity contribution in [2.24, 2.45) is 0 Å². The number of nitrogens with zero attached hydrogens (tertiary/aromatic N) is 1. The molecule has 5 nitrogen and oxygen atoms in total. The average molecular weight is 384 g/mol. The van der Waals surface area contributed by atoms with Gasteiger partial charge in [-0.25, -0.2) is 4.98 Å². The molecule has 1 aromatic heterocycles. The Labute approximate surface area is 163 Å². The molecule has 0 aliphatic rings. The SMILES string of the molecule is CCc1ccc(OCC(=O)N[C@H](CCSC)c2nc3ccccc3[nH]2)cc1. The molecular weight excluding hydrogens is 358 g/mol. The van der Waals surface area contributed by atoms with Gasteiger partial charge in [-0.2, -0.15) is 11.8 Å². The zero-order valence-corrected chi connectivity index (χ0v) is 16.5. The third-order valence-corrected chi connectivity index (χ3v) is 5.03. The number of aryl methyl sites for hydroxylation is 1. The highest BCUT2D eigenvalue weighted by Gasteiger charge is 2.18. The number of rotatable bonds is 9. The molecule has 0 aliphatic heterocycles. The monoisotopic (exact) mass is 383 g/mol. The normalized spacial score (nSPS) is 12.1. The van der Waals surface area contributed by atoms with E-state index in [1.165, 1.54) is 5.56 Å². The topological polar surface area (TPSA) is 67.0 Å². The third kappa shape index (κ3) is 5.26. The predicted octanol–water partition coefficient (Wildman–Crippen LogP) is 4.11. The highest BCUT2D eigenvalue weighted by Crippen LogP contribution is 2.20. The number of H-pyrrole nitrogens is 1. The Hall–Kier alpha value is -2.47. The van der Waals surface area contributed by atoms with Gasteiger partial charge in [0.05, 0.1) is 17.1 Å². The van der Waals surface area contributed by atoms with Crippen LogP contribution in [0.5, 0.6) is 5.75 Å². The number of imidazole rings is 1. The average Bonchev–Trinajstić information content (AvgIpc) is 3.14. The van der Waals surface area contributed by atoms with E-state index in [1.54, 1.807) is 11.8 Å². The van der Waals surface area contributed by atoms with Gasteiger partial charge in [-0.3, -0.25) is 4.79 Å². The van der Waals surface area contributed by atoms with Gasteiger partial charge in [0.2, 0.25) is 0 Å². The summed E-state index contributed by atoms with van der Waals surface area (Å²) in [6.07, 6.45) is 3.84. The van der Waals surface area contributed by atoms with Crippen LogP contribution in [-0.2, 0) is 11.2 Å². The molecule has 0 spiro atoms. The van der Waals surface area contributed by atoms with Crippen LogP contribution in [0.4, 0.5) is 0 Å². The molecule has 0 unspecified atom stereocenters. The van der Waals surface area contributed by atoms with Gasteiger partial charge in [0.1, 0.15) is 11.6 Å². The first-order valence-corrected chi connectivity index (χ1v) is 10.5. The Kier molecular flexibility index (Phi) is 6.76. The lowest BCUT2D eigenvalue weighted by molar-refractivity contribution is -0.123. The molecule has 0 saturated carbocycles. The van der Waals surface area contributed by atoms with Crippen LogP contribution in [0.1, 0.15) is 30.8 Å². The van der Waals surface area contributed by atoms with E-state index in [0.717, 1.165) is 35.5 Å². The molecule has 142 valence electrons. The predicted molar refractivity (Wildman–Crippen MR) is 111 cm³/mol. The number of hydrogen-bond acceptors (Lipinski definition) is 4. The third-order valence-electron chi connectivity index (χ3n) is 4.39. The lowest BCUT2D eigenvalue weighted by Gasteiger charge is -2.16. The van der Waals surface area contributed by atoms with E-state index < -0.39 is 0 Å². The molecule has 2 aromatic carbocycles. The Bertz CT molecular complexity index is 844. The van der Waals surface area contributed by atoms with Crippen LogP contribution in [0.3, 0.4) is 0 Å². The maximum Gasteiger partial charge on any atom is 0.258 e. The van der Waals surface area contributed by atoms with E-state index in [9.17, 15) is 4.79 Å². The number of aromatic amines is 1. The first-order valence-electron chi connectivity index (χ1n) is 9.14. The van der Waals surface area contributed by atoms with Crippen LogP contribution in [-0.4, -0.2) is 34.5 Å². The van der Waals surface area contributed by atoms with Gasteiger partial charge in [-0.05, 0) is 54.7 Å². The van der Waals surface area contributed by atoms with Crippen molar-refractivity contribution in [3.8, 4) is 5.75 Å². The Balaban J connectivity index is 1.63. The van der Waals surface area contributed by atoms with Gasteiger partial charge >= 0.3 is 0 Å². The molecule has 0 bridgehead atoms. The standard InChI is InChI=1S/C21H25N3O2S/c1-3-15-8-10-16(11-9-15)26-14-20(25)22-19(12-13-27-2)21-23-17-6-4-5-7-18(17)24-21/h4-11,19H,3,12-14H2,1-2H3,(H,22,25)(H,23,24)/t19-/m1/s1. The number of carbonyl (C=O) groups excluding carboxylic acids is 1. The second-order valence-electron chi connectivity index (χ2n) is 6.33. The van der Waals surface area contributed by atoms with Crippen molar-refractivity contribution in [3.63, 3.8) is 0 Å². The van der Waals surface area contributed by atoms with Crippen molar-refractivity contribution in [3.05, 3.63) is 59.9 Å². The second-order valence-corrected chi connectivity index (χ2v) is 7.31. The molecular formula is C21H25N3O2S. The fraction of sp³-hybridized carbons (Fsp3) is 0.333. The maximum atomic E-state index is 12.4. The number of para-hydroxylation sites is 2. The van der Waals surface area contributed by atoms with Crippen LogP contribution in [0.15, 0.2) is 48.5 Å². The number of carbonyl (C=O) groups is 1. The van der Waals surface area contributed by atoms with Gasteiger partial charge in [0.25, 0.3) is 5.91 Å². The minimum absolute atomic E-state index is 0.0124. The molecule has 0 radical (unpaired) electrons. The smallest absolute Gasteiger partial charge is 0.258 e. The Morgan fingerprint density at radius 1 is 1.22 bits per heavy atom. The van der Waals surface area contributed by atoms with E-state index in [4.69, 9.17) is 4.74 Å². The van der Waals surface area contributed by atoms with Gasteiger partial charge < -0.3 is 15.0 Å². The lowest BCUT2D eigenvalue weighted by Crippen LogP contribution is -2.33. The van der Waals surface area contributed by atoms with Crippen molar-refractivity contribution in [1.29, 1.82) is 0 Å². The molecule has 27 heavy (non-hydrogen) atoms. The van der Waals surface area contributed by atoms with Crippen molar-refractivity contribution in [1.82, 2.24) is 15.3 Å². The minimum atomic E-state index is -0.164. The van der Waals surface area contributed by atoms with Crippen molar-refractivity contribution < 1.29 is 9.53 Å². The Morgan fingerprint density at radius 2 is 2.00 bits per heavy atom. The van der Waals surface area contributed by atoms with Crippen LogP contribution in [0.25, 0.3) is 11.0 Å². The zero-order valence-electron chi connectivity index (χ0n) is 15.7. The highest BCUT2D eigenvalue weighted by molar-refractivity contribution is 7.98. The molecule has 6 heteroatoms. The van der Waals surface area contributed by atoms with Gasteiger partial charge in [-0.1, -0.05) is 31.2 Å². The van der Waals surface area contributed by atoms with E-state index in [1.807, 2.05) is 48.5 Å². The summed E-state index contributed by atoms with van der Waals surface area (Å²) in [5.74, 6) is 2.26. The quantitative estimate of drug-likeness (QED) is 0.583. The van der Waals surface area contributed by atoms with Crippen molar-refractivity contribution in [2.45, 2.75) is 25.8 Å². The molecule has 1 heterocycles. The summed E-state index contributed by atoms with van der Waals surface area (Å²) in [5.41, 5.74) is 3.13. The maximum absolute atomic E-state index is 12.4. The van der Waals surface area contributed by atoms with Gasteiger partial charge in [0.15, 0.2) is 6.61 Å². The number of benzene rings is 2. The molecule has 0 aliphatic carbocycles. The fourth-order valence-corrected chi connectivity index (χ4v) is 3.33. The first-order chi connectivity index (χ1) is 13.2. The number of fused-ring (bicyclic) bond motifs is 1. The highest BCUT2D eigenvalue weighted by atomic mass is 32.2. The zero-order chi connectivity index (χ0) is 19.1. The number of nitrogens with one attached hydrogen (secondary N) is 2. The molecule has 3 rings (SSSR count). The van der Waals surface area contributed by atoms with E-state index >= 15 is 0 Å². The molecule has 0 fully saturated rings. The van der Waals surface area contributed by atoms with Gasteiger partial charge in [0, 0.05) is 0 Å².